The molecule has 1 aromatic carbocycles. The molecule has 0 aromatic heterocycles. The van der Waals surface area contributed by atoms with Crippen molar-refractivity contribution in [1.29, 1.82) is 0 Å². The summed E-state index contributed by atoms with van der Waals surface area (Å²) in [6.07, 6.45) is 9.90. The van der Waals surface area contributed by atoms with Crippen molar-refractivity contribution in [3.8, 4) is 0 Å². The molecule has 0 radical (unpaired) electrons. The molecular formula is C22H35BSn. The van der Waals surface area contributed by atoms with E-state index in [0.717, 1.165) is 18.4 Å². The second kappa shape index (κ2) is 7.60. The number of rotatable bonds is 3. The maximum absolute atomic E-state index is 2.60. The van der Waals surface area contributed by atoms with Gasteiger partial charge in [-0.3, -0.25) is 0 Å². The number of allylic oxidation sites excluding steroid dienone is 1. The fraction of sp³-hybridized carbons (Fsp3) is 0.636. The monoisotopic (exact) mass is 430 g/mol. The van der Waals surface area contributed by atoms with Crippen LogP contribution in [0.25, 0.3) is 5.47 Å². The number of hydrogen-bond acceptors (Lipinski definition) is 0. The Morgan fingerprint density at radius 3 is 2.54 bits per heavy atom. The van der Waals surface area contributed by atoms with Gasteiger partial charge in [-0.2, -0.15) is 0 Å². The molecule has 2 unspecified atom stereocenters. The van der Waals surface area contributed by atoms with Crippen LogP contribution in [0.4, 0.5) is 0 Å². The van der Waals surface area contributed by atoms with E-state index in [1.165, 1.54) is 44.8 Å². The molecule has 0 bridgehead atoms. The second-order valence-electron chi connectivity index (χ2n) is 9.25. The Balaban J connectivity index is 2.20. The SMILES string of the molecule is CCCB1/C(=[C](/C)[Sn]([CH3])([CH3])[CH3])c2ccccc2CC2CCCCC12. The Morgan fingerprint density at radius 2 is 1.83 bits per heavy atom. The van der Waals surface area contributed by atoms with Gasteiger partial charge in [0, 0.05) is 0 Å². The van der Waals surface area contributed by atoms with Gasteiger partial charge in [0.05, 0.1) is 0 Å². The fourth-order valence-electron chi connectivity index (χ4n) is 5.23. The van der Waals surface area contributed by atoms with Gasteiger partial charge in [-0.1, -0.05) is 0 Å². The van der Waals surface area contributed by atoms with Crippen molar-refractivity contribution < 1.29 is 0 Å². The van der Waals surface area contributed by atoms with E-state index in [1.54, 1.807) is 11.1 Å². The van der Waals surface area contributed by atoms with Gasteiger partial charge in [0.2, 0.25) is 0 Å². The summed E-state index contributed by atoms with van der Waals surface area (Å²) in [5.74, 6) is 1.86. The van der Waals surface area contributed by atoms with Crippen LogP contribution >= 0.6 is 0 Å². The summed E-state index contributed by atoms with van der Waals surface area (Å²) in [5, 5.41) is 0. The molecular weight excluding hydrogens is 394 g/mol. The van der Waals surface area contributed by atoms with Crippen LogP contribution in [0, 0.1) is 5.92 Å². The zero-order valence-electron chi connectivity index (χ0n) is 16.5. The second-order valence-corrected chi connectivity index (χ2v) is 24.2. The van der Waals surface area contributed by atoms with E-state index in [9.17, 15) is 0 Å². The van der Waals surface area contributed by atoms with Crippen molar-refractivity contribution in [3.05, 3.63) is 39.0 Å². The average Bonchev–Trinajstić information content (AvgIpc) is 2.68. The zero-order valence-corrected chi connectivity index (χ0v) is 19.3. The summed E-state index contributed by atoms with van der Waals surface area (Å²) in [7, 11) is 0. The molecule has 24 heavy (non-hydrogen) atoms. The molecule has 2 aliphatic rings. The van der Waals surface area contributed by atoms with Crippen LogP contribution in [0.2, 0.25) is 27.0 Å². The molecule has 1 saturated carbocycles. The first kappa shape index (κ1) is 18.6. The van der Waals surface area contributed by atoms with E-state index < -0.39 is 18.4 Å². The van der Waals surface area contributed by atoms with E-state index in [1.807, 2.05) is 9.06 Å². The predicted octanol–water partition coefficient (Wildman–Crippen LogP) is 6.90. The van der Waals surface area contributed by atoms with Gasteiger partial charge >= 0.3 is 155 Å². The molecule has 0 N–H and O–H groups in total. The third-order valence-electron chi connectivity index (χ3n) is 6.77. The van der Waals surface area contributed by atoms with Gasteiger partial charge in [0.1, 0.15) is 0 Å². The van der Waals surface area contributed by atoms with Gasteiger partial charge < -0.3 is 0 Å². The topological polar surface area (TPSA) is 0 Å². The van der Waals surface area contributed by atoms with Gasteiger partial charge in [0.15, 0.2) is 0 Å². The standard InChI is InChI=1S/C19H26B.3CH3.Sn/c1-3-13-20-18(4-2)17-11-7-5-9-15(17)14-16-10-6-8-12-19(16)20;;;;/h5,7,9,11,16,19H,3,6,8,10,12-14H2,1-2H3;3*1H3;. The Morgan fingerprint density at radius 1 is 1.12 bits per heavy atom. The predicted molar refractivity (Wildman–Crippen MR) is 113 cm³/mol. The Kier molecular flexibility index (Phi) is 5.89. The van der Waals surface area contributed by atoms with Crippen LogP contribution in [0.5, 0.6) is 0 Å². The van der Waals surface area contributed by atoms with Gasteiger partial charge in [-0.15, -0.1) is 0 Å². The Bertz CT molecular complexity index is 611. The summed E-state index contributed by atoms with van der Waals surface area (Å²) in [6, 6.07) is 9.43. The molecule has 1 aliphatic heterocycles. The van der Waals surface area contributed by atoms with Gasteiger partial charge in [-0.25, -0.2) is 0 Å². The molecule has 130 valence electrons. The minimum absolute atomic E-state index is 0.819. The zero-order chi connectivity index (χ0) is 17.3. The number of fused-ring (bicyclic) bond motifs is 2. The molecule has 3 rings (SSSR count). The van der Waals surface area contributed by atoms with Crippen LogP contribution in [-0.2, 0) is 6.42 Å². The van der Waals surface area contributed by atoms with Crippen molar-refractivity contribution in [1.82, 2.24) is 0 Å². The van der Waals surface area contributed by atoms with E-state index in [2.05, 4.69) is 52.9 Å². The van der Waals surface area contributed by atoms with Crippen molar-refractivity contribution >= 4 is 30.6 Å². The molecule has 1 heterocycles. The van der Waals surface area contributed by atoms with Crippen LogP contribution < -0.4 is 0 Å². The number of hydrogen-bond donors (Lipinski definition) is 0. The quantitative estimate of drug-likeness (QED) is 0.459. The first-order valence-electron chi connectivity index (χ1n) is 10.2. The molecule has 2 heteroatoms. The molecule has 0 saturated heterocycles. The van der Waals surface area contributed by atoms with Crippen LogP contribution in [-0.4, -0.2) is 25.1 Å². The summed E-state index contributed by atoms with van der Waals surface area (Å²) < 4.78 is 1.83. The molecule has 2 atom stereocenters. The van der Waals surface area contributed by atoms with E-state index in [4.69, 9.17) is 0 Å². The number of benzene rings is 1. The third kappa shape index (κ3) is 3.66. The summed E-state index contributed by atoms with van der Waals surface area (Å²) in [4.78, 5) is 7.81. The Labute approximate surface area is 154 Å². The van der Waals surface area contributed by atoms with Gasteiger partial charge in [-0.05, 0) is 0 Å². The van der Waals surface area contributed by atoms with Gasteiger partial charge in [0.25, 0.3) is 0 Å². The maximum atomic E-state index is 2.60. The fourth-order valence-corrected chi connectivity index (χ4v) is 8.45. The molecule has 1 fully saturated rings. The molecule has 0 nitrogen and oxygen atoms in total. The van der Waals surface area contributed by atoms with Crippen LogP contribution in [0.1, 0.15) is 57.1 Å². The third-order valence-corrected chi connectivity index (χ3v) is 14.0. The van der Waals surface area contributed by atoms with Crippen molar-refractivity contribution in [3.63, 3.8) is 0 Å². The molecule has 0 spiro atoms. The van der Waals surface area contributed by atoms with E-state index in [0.29, 0.717) is 0 Å². The first-order chi connectivity index (χ1) is 11.4. The minimum atomic E-state index is -2.07. The average molecular weight is 429 g/mol. The Hall–Kier alpha value is -0.176. The first-order valence-corrected chi connectivity index (χ1v) is 20.2. The molecule has 1 aromatic rings. The summed E-state index contributed by atoms with van der Waals surface area (Å²) in [5.41, 5.74) is 5.09. The van der Waals surface area contributed by atoms with Crippen LogP contribution in [0.15, 0.2) is 27.9 Å². The molecule has 0 amide bonds. The normalized spacial score (nSPS) is 26.5. The van der Waals surface area contributed by atoms with Crippen molar-refractivity contribution in [2.45, 2.75) is 79.3 Å². The summed E-state index contributed by atoms with van der Waals surface area (Å²) >= 11 is -2.07. The summed E-state index contributed by atoms with van der Waals surface area (Å²) in [6.45, 7) is 5.72. The van der Waals surface area contributed by atoms with E-state index in [-0.39, 0.29) is 0 Å². The van der Waals surface area contributed by atoms with E-state index >= 15 is 0 Å². The van der Waals surface area contributed by atoms with Crippen LogP contribution in [0.3, 0.4) is 0 Å². The molecule has 1 aliphatic carbocycles. The van der Waals surface area contributed by atoms with Crippen molar-refractivity contribution in [2.75, 3.05) is 0 Å². The van der Waals surface area contributed by atoms with Crippen molar-refractivity contribution in [2.24, 2.45) is 5.92 Å².